The van der Waals surface area contributed by atoms with Crippen LogP contribution in [-0.2, 0) is 4.79 Å². The van der Waals surface area contributed by atoms with E-state index in [-0.39, 0.29) is 5.91 Å². The molecule has 1 heterocycles. The van der Waals surface area contributed by atoms with Gasteiger partial charge in [-0.1, -0.05) is 19.1 Å². The SMILES string of the molecule is CCN(CCNC(=O)/C=C/c1nc2ccccc2s1)C1CC1. The minimum Gasteiger partial charge on any atom is -0.351 e. The number of hydrogen-bond acceptors (Lipinski definition) is 4. The Kier molecular flexibility index (Phi) is 4.85. The van der Waals surface area contributed by atoms with E-state index in [0.29, 0.717) is 6.54 Å². The second-order valence-electron chi connectivity index (χ2n) is 5.50. The fourth-order valence-corrected chi connectivity index (χ4v) is 3.40. The van der Waals surface area contributed by atoms with Crippen molar-refractivity contribution < 1.29 is 4.79 Å². The van der Waals surface area contributed by atoms with E-state index in [1.165, 1.54) is 12.8 Å². The van der Waals surface area contributed by atoms with E-state index in [0.717, 1.165) is 34.4 Å². The number of fused-ring (bicyclic) bond motifs is 1. The Morgan fingerprint density at radius 1 is 1.45 bits per heavy atom. The summed E-state index contributed by atoms with van der Waals surface area (Å²) >= 11 is 1.60. The van der Waals surface area contributed by atoms with Crippen LogP contribution in [0.15, 0.2) is 30.3 Å². The van der Waals surface area contributed by atoms with Crippen molar-refractivity contribution in [3.8, 4) is 0 Å². The number of carbonyl (C=O) groups is 1. The van der Waals surface area contributed by atoms with Crippen LogP contribution in [0.25, 0.3) is 16.3 Å². The van der Waals surface area contributed by atoms with Gasteiger partial charge >= 0.3 is 0 Å². The van der Waals surface area contributed by atoms with Crippen molar-refractivity contribution in [1.29, 1.82) is 0 Å². The zero-order chi connectivity index (χ0) is 15.4. The van der Waals surface area contributed by atoms with Crippen LogP contribution >= 0.6 is 11.3 Å². The minimum absolute atomic E-state index is 0.0499. The number of likely N-dealkylation sites (N-methyl/N-ethyl adjacent to an activating group) is 1. The summed E-state index contributed by atoms with van der Waals surface area (Å²) in [5.41, 5.74) is 0.982. The summed E-state index contributed by atoms with van der Waals surface area (Å²) in [6, 6.07) is 8.75. The molecule has 1 aliphatic carbocycles. The molecular weight excluding hydrogens is 294 g/mol. The largest absolute Gasteiger partial charge is 0.351 e. The number of nitrogens with zero attached hydrogens (tertiary/aromatic N) is 2. The summed E-state index contributed by atoms with van der Waals surface area (Å²) < 4.78 is 1.14. The molecule has 1 aromatic heterocycles. The molecule has 4 nitrogen and oxygen atoms in total. The first-order chi connectivity index (χ1) is 10.8. The molecule has 0 bridgehead atoms. The molecule has 1 fully saturated rings. The molecule has 0 saturated heterocycles. The average Bonchev–Trinajstić information content (AvgIpc) is 3.28. The molecule has 1 N–H and O–H groups in total. The number of carbonyl (C=O) groups excluding carboxylic acids is 1. The first-order valence-corrected chi connectivity index (χ1v) is 8.63. The summed E-state index contributed by atoms with van der Waals surface area (Å²) in [6.45, 7) is 4.87. The van der Waals surface area contributed by atoms with Gasteiger partial charge in [-0.25, -0.2) is 4.98 Å². The van der Waals surface area contributed by atoms with Gasteiger partial charge in [0.15, 0.2) is 0 Å². The van der Waals surface area contributed by atoms with E-state index >= 15 is 0 Å². The van der Waals surface area contributed by atoms with Crippen molar-refractivity contribution in [2.24, 2.45) is 0 Å². The molecule has 5 heteroatoms. The number of nitrogens with one attached hydrogen (secondary N) is 1. The zero-order valence-electron chi connectivity index (χ0n) is 12.8. The third-order valence-corrected chi connectivity index (χ3v) is 4.86. The Morgan fingerprint density at radius 2 is 2.27 bits per heavy atom. The van der Waals surface area contributed by atoms with Gasteiger partial charge in [0.25, 0.3) is 0 Å². The van der Waals surface area contributed by atoms with Crippen LogP contribution in [0, 0.1) is 0 Å². The predicted octanol–water partition coefficient (Wildman–Crippen LogP) is 2.91. The minimum atomic E-state index is -0.0499. The molecule has 22 heavy (non-hydrogen) atoms. The number of hydrogen-bond donors (Lipinski definition) is 1. The van der Waals surface area contributed by atoms with Crippen LogP contribution in [-0.4, -0.2) is 41.5 Å². The number of amides is 1. The first kappa shape index (κ1) is 15.2. The molecule has 1 aliphatic rings. The van der Waals surface area contributed by atoms with Crippen molar-refractivity contribution >= 4 is 33.5 Å². The van der Waals surface area contributed by atoms with Crippen LogP contribution in [0.2, 0.25) is 0 Å². The molecular formula is C17H21N3OS. The normalized spacial score (nSPS) is 15.0. The Morgan fingerprint density at radius 3 is 3.00 bits per heavy atom. The highest BCUT2D eigenvalue weighted by atomic mass is 32.1. The zero-order valence-corrected chi connectivity index (χ0v) is 13.6. The van der Waals surface area contributed by atoms with Crippen LogP contribution < -0.4 is 5.32 Å². The maximum atomic E-state index is 11.8. The fraction of sp³-hybridized carbons (Fsp3) is 0.412. The lowest BCUT2D eigenvalue weighted by Crippen LogP contribution is -2.35. The van der Waals surface area contributed by atoms with Crippen LogP contribution in [0.4, 0.5) is 0 Å². The molecule has 1 aromatic carbocycles. The molecule has 3 rings (SSSR count). The van der Waals surface area contributed by atoms with Gasteiger partial charge in [-0.15, -0.1) is 11.3 Å². The van der Waals surface area contributed by atoms with E-state index < -0.39 is 0 Å². The van der Waals surface area contributed by atoms with Crippen molar-refractivity contribution in [1.82, 2.24) is 15.2 Å². The first-order valence-electron chi connectivity index (χ1n) is 7.82. The number of thiazole rings is 1. The standard InChI is InChI=1S/C17H21N3OS/c1-2-20(13-7-8-13)12-11-18-16(21)9-10-17-19-14-5-3-4-6-15(14)22-17/h3-6,9-10,13H,2,7-8,11-12H2,1H3,(H,18,21)/b10-9+. The Hall–Kier alpha value is -1.72. The van der Waals surface area contributed by atoms with Crippen molar-refractivity contribution in [2.45, 2.75) is 25.8 Å². The second-order valence-corrected chi connectivity index (χ2v) is 6.57. The quantitative estimate of drug-likeness (QED) is 0.799. The third-order valence-electron chi connectivity index (χ3n) is 3.86. The van der Waals surface area contributed by atoms with Gasteiger partial charge in [0, 0.05) is 25.2 Å². The molecule has 116 valence electrons. The summed E-state index contributed by atoms with van der Waals surface area (Å²) in [5, 5.41) is 3.81. The van der Waals surface area contributed by atoms with E-state index in [4.69, 9.17) is 0 Å². The van der Waals surface area contributed by atoms with Gasteiger partial charge in [0.05, 0.1) is 10.2 Å². The highest BCUT2D eigenvalue weighted by Gasteiger charge is 2.27. The summed E-state index contributed by atoms with van der Waals surface area (Å²) in [4.78, 5) is 18.8. The van der Waals surface area contributed by atoms with Gasteiger partial charge in [0.2, 0.25) is 5.91 Å². The Balaban J connectivity index is 1.48. The number of para-hydroxylation sites is 1. The predicted molar refractivity (Wildman–Crippen MR) is 91.9 cm³/mol. The second kappa shape index (κ2) is 7.03. The highest BCUT2D eigenvalue weighted by Crippen LogP contribution is 2.25. The molecule has 0 aliphatic heterocycles. The third kappa shape index (κ3) is 3.93. The molecule has 0 unspecified atom stereocenters. The molecule has 1 amide bonds. The lowest BCUT2D eigenvalue weighted by Gasteiger charge is -2.19. The van der Waals surface area contributed by atoms with Gasteiger partial charge in [-0.3, -0.25) is 9.69 Å². The summed E-state index contributed by atoms with van der Waals surface area (Å²) in [7, 11) is 0. The Labute approximate surface area is 134 Å². The van der Waals surface area contributed by atoms with Crippen molar-refractivity contribution in [3.63, 3.8) is 0 Å². The number of benzene rings is 1. The van der Waals surface area contributed by atoms with Gasteiger partial charge in [-0.2, -0.15) is 0 Å². The van der Waals surface area contributed by atoms with Crippen molar-refractivity contribution in [2.75, 3.05) is 19.6 Å². The number of rotatable bonds is 7. The van der Waals surface area contributed by atoms with Crippen LogP contribution in [0.1, 0.15) is 24.8 Å². The lowest BCUT2D eigenvalue weighted by molar-refractivity contribution is -0.116. The van der Waals surface area contributed by atoms with Gasteiger partial charge in [-0.05, 0) is 37.6 Å². The van der Waals surface area contributed by atoms with Crippen molar-refractivity contribution in [3.05, 3.63) is 35.3 Å². The number of aromatic nitrogens is 1. The van der Waals surface area contributed by atoms with E-state index in [9.17, 15) is 4.79 Å². The molecule has 0 radical (unpaired) electrons. The summed E-state index contributed by atoms with van der Waals surface area (Å²) in [6.07, 6.45) is 5.97. The maximum Gasteiger partial charge on any atom is 0.244 e. The molecule has 1 saturated carbocycles. The maximum absolute atomic E-state index is 11.8. The van der Waals surface area contributed by atoms with E-state index in [1.807, 2.05) is 24.3 Å². The van der Waals surface area contributed by atoms with Crippen LogP contribution in [0.5, 0.6) is 0 Å². The van der Waals surface area contributed by atoms with Gasteiger partial charge in [0.1, 0.15) is 5.01 Å². The molecule has 2 aromatic rings. The summed E-state index contributed by atoms with van der Waals surface area (Å²) in [5.74, 6) is -0.0499. The fourth-order valence-electron chi connectivity index (χ4n) is 2.53. The molecule has 0 atom stereocenters. The average molecular weight is 315 g/mol. The van der Waals surface area contributed by atoms with Crippen LogP contribution in [0.3, 0.4) is 0 Å². The van der Waals surface area contributed by atoms with E-state index in [1.54, 1.807) is 23.5 Å². The molecule has 0 spiro atoms. The smallest absolute Gasteiger partial charge is 0.244 e. The Bertz CT molecular complexity index is 642. The highest BCUT2D eigenvalue weighted by molar-refractivity contribution is 7.19. The topological polar surface area (TPSA) is 45.2 Å². The van der Waals surface area contributed by atoms with E-state index in [2.05, 4.69) is 22.1 Å². The van der Waals surface area contributed by atoms with Gasteiger partial charge < -0.3 is 5.32 Å². The lowest BCUT2D eigenvalue weighted by atomic mass is 10.3. The monoisotopic (exact) mass is 315 g/mol.